The third kappa shape index (κ3) is 6.53. The Hall–Kier alpha value is -0.410. The van der Waals surface area contributed by atoms with Crippen molar-refractivity contribution in [3.05, 3.63) is 34.1 Å². The highest BCUT2D eigenvalue weighted by Crippen LogP contribution is 2.27. The Morgan fingerprint density at radius 3 is 2.32 bits per heavy atom. The second kappa shape index (κ2) is 6.36. The minimum absolute atomic E-state index is 0.162. The van der Waals surface area contributed by atoms with Gasteiger partial charge in [-0.3, -0.25) is 0 Å². The molecule has 0 spiro atoms. The van der Waals surface area contributed by atoms with Crippen LogP contribution < -0.4 is 5.32 Å². The van der Waals surface area contributed by atoms with E-state index in [9.17, 15) is 4.39 Å². The van der Waals surface area contributed by atoms with E-state index in [1.165, 1.54) is 11.6 Å². The van der Waals surface area contributed by atoms with Crippen molar-refractivity contribution in [2.45, 2.75) is 53.0 Å². The summed E-state index contributed by atoms with van der Waals surface area (Å²) in [5.74, 6) is -0.198. The maximum Gasteiger partial charge on any atom is 0.137 e. The van der Waals surface area contributed by atoms with Gasteiger partial charge in [0.25, 0.3) is 0 Å². The zero-order valence-electron chi connectivity index (χ0n) is 12.6. The highest BCUT2D eigenvalue weighted by atomic mass is 79.9. The number of rotatable bonds is 5. The first-order valence-electron chi connectivity index (χ1n) is 6.78. The summed E-state index contributed by atoms with van der Waals surface area (Å²) in [5, 5.41) is 3.51. The Morgan fingerprint density at radius 1 is 1.16 bits per heavy atom. The zero-order chi connectivity index (χ0) is 14.7. The molecule has 0 aliphatic heterocycles. The van der Waals surface area contributed by atoms with Gasteiger partial charge in [0.05, 0.1) is 4.47 Å². The summed E-state index contributed by atoms with van der Waals surface area (Å²) in [6, 6.07) is 5.29. The van der Waals surface area contributed by atoms with Gasteiger partial charge in [0.1, 0.15) is 5.82 Å². The molecule has 0 saturated heterocycles. The van der Waals surface area contributed by atoms with Crippen molar-refractivity contribution in [2.75, 3.05) is 6.54 Å². The van der Waals surface area contributed by atoms with Crippen LogP contribution in [0.1, 0.15) is 46.6 Å². The molecule has 0 unspecified atom stereocenters. The summed E-state index contributed by atoms with van der Waals surface area (Å²) in [6.45, 7) is 12.0. The van der Waals surface area contributed by atoms with Gasteiger partial charge in [-0.1, -0.05) is 19.9 Å². The van der Waals surface area contributed by atoms with Crippen LogP contribution in [0.15, 0.2) is 22.7 Å². The molecule has 1 rings (SSSR count). The molecule has 1 N–H and O–H groups in total. The molecule has 0 atom stereocenters. The second-order valence-corrected chi connectivity index (χ2v) is 7.87. The molecule has 0 heterocycles. The van der Waals surface area contributed by atoms with Crippen LogP contribution in [0.2, 0.25) is 0 Å². The van der Waals surface area contributed by atoms with Gasteiger partial charge < -0.3 is 5.32 Å². The van der Waals surface area contributed by atoms with Crippen molar-refractivity contribution in [1.82, 2.24) is 5.32 Å². The van der Waals surface area contributed by atoms with Crippen LogP contribution in [-0.2, 0) is 6.42 Å². The molecule has 0 aliphatic rings. The molecule has 1 aromatic carbocycles. The molecular formula is C16H25BrFN. The maximum atomic E-state index is 13.2. The highest BCUT2D eigenvalue weighted by molar-refractivity contribution is 9.10. The summed E-state index contributed by atoms with van der Waals surface area (Å²) < 4.78 is 13.8. The van der Waals surface area contributed by atoms with Crippen LogP contribution in [0, 0.1) is 11.2 Å². The minimum atomic E-state index is -0.198. The second-order valence-electron chi connectivity index (χ2n) is 7.02. The van der Waals surface area contributed by atoms with Crippen molar-refractivity contribution < 1.29 is 4.39 Å². The van der Waals surface area contributed by atoms with E-state index in [4.69, 9.17) is 0 Å². The van der Waals surface area contributed by atoms with E-state index in [1.807, 2.05) is 12.1 Å². The van der Waals surface area contributed by atoms with Gasteiger partial charge in [-0.25, -0.2) is 4.39 Å². The number of benzene rings is 1. The molecule has 0 fully saturated rings. The fourth-order valence-electron chi connectivity index (χ4n) is 2.07. The fourth-order valence-corrected chi connectivity index (χ4v) is 2.49. The molecule has 0 aliphatic carbocycles. The lowest BCUT2D eigenvalue weighted by Crippen LogP contribution is -2.38. The average Bonchev–Trinajstić information content (AvgIpc) is 2.20. The van der Waals surface area contributed by atoms with E-state index < -0.39 is 0 Å². The van der Waals surface area contributed by atoms with Crippen LogP contribution in [-0.4, -0.2) is 12.1 Å². The Balaban J connectivity index is 2.56. The van der Waals surface area contributed by atoms with Crippen molar-refractivity contribution >= 4 is 15.9 Å². The molecule has 0 saturated carbocycles. The van der Waals surface area contributed by atoms with E-state index >= 15 is 0 Å². The van der Waals surface area contributed by atoms with Crippen LogP contribution in [0.25, 0.3) is 0 Å². The van der Waals surface area contributed by atoms with Gasteiger partial charge in [-0.2, -0.15) is 0 Å². The van der Waals surface area contributed by atoms with E-state index in [1.54, 1.807) is 0 Å². The fraction of sp³-hybridized carbons (Fsp3) is 0.625. The van der Waals surface area contributed by atoms with Crippen molar-refractivity contribution in [1.29, 1.82) is 0 Å². The van der Waals surface area contributed by atoms with Crippen molar-refractivity contribution in [3.8, 4) is 0 Å². The quantitative estimate of drug-likeness (QED) is 0.807. The van der Waals surface area contributed by atoms with Crippen molar-refractivity contribution in [3.63, 3.8) is 0 Å². The molecule has 0 aromatic heterocycles. The zero-order valence-corrected chi connectivity index (χ0v) is 14.2. The van der Waals surface area contributed by atoms with Crippen LogP contribution >= 0.6 is 15.9 Å². The molecule has 0 amide bonds. The van der Waals surface area contributed by atoms with Crippen molar-refractivity contribution in [2.24, 2.45) is 5.41 Å². The number of halogens is 2. The van der Waals surface area contributed by atoms with Gasteiger partial charge in [0, 0.05) is 5.54 Å². The minimum Gasteiger partial charge on any atom is -0.312 e. The van der Waals surface area contributed by atoms with Crippen LogP contribution in [0.5, 0.6) is 0 Å². The van der Waals surface area contributed by atoms with Crippen LogP contribution in [0.3, 0.4) is 0 Å². The normalized spacial score (nSPS) is 12.8. The molecule has 0 radical (unpaired) electrons. The lowest BCUT2D eigenvalue weighted by Gasteiger charge is -2.28. The summed E-state index contributed by atoms with van der Waals surface area (Å²) in [6.07, 6.45) is 2.05. The Kier molecular flexibility index (Phi) is 5.57. The monoisotopic (exact) mass is 329 g/mol. The summed E-state index contributed by atoms with van der Waals surface area (Å²) in [4.78, 5) is 0. The molecule has 19 heavy (non-hydrogen) atoms. The molecule has 108 valence electrons. The Labute approximate surface area is 125 Å². The number of nitrogens with one attached hydrogen (secondary N) is 1. The van der Waals surface area contributed by atoms with E-state index in [0.29, 0.717) is 4.47 Å². The summed E-state index contributed by atoms with van der Waals surface area (Å²) in [7, 11) is 0. The smallest absolute Gasteiger partial charge is 0.137 e. The summed E-state index contributed by atoms with van der Waals surface area (Å²) >= 11 is 3.24. The van der Waals surface area contributed by atoms with E-state index in [2.05, 4.69) is 55.9 Å². The molecule has 1 aromatic rings. The van der Waals surface area contributed by atoms with Gasteiger partial charge >= 0.3 is 0 Å². The molecule has 1 nitrogen and oxygen atoms in total. The van der Waals surface area contributed by atoms with Gasteiger partial charge in [-0.15, -0.1) is 0 Å². The molecular weight excluding hydrogens is 305 g/mol. The molecule has 0 bridgehead atoms. The summed E-state index contributed by atoms with van der Waals surface area (Å²) in [5.41, 5.74) is 1.54. The van der Waals surface area contributed by atoms with E-state index in [-0.39, 0.29) is 16.8 Å². The largest absolute Gasteiger partial charge is 0.312 e. The SMILES string of the molecule is CC(C)(CCNC(C)(C)C)Cc1ccc(F)c(Br)c1. The third-order valence-electron chi connectivity index (χ3n) is 3.12. The first kappa shape index (κ1) is 16.6. The topological polar surface area (TPSA) is 12.0 Å². The van der Waals surface area contributed by atoms with Crippen LogP contribution in [0.4, 0.5) is 4.39 Å². The maximum absolute atomic E-state index is 13.2. The predicted molar refractivity (Wildman–Crippen MR) is 84.0 cm³/mol. The predicted octanol–water partition coefficient (Wildman–Crippen LogP) is 4.94. The van der Waals surface area contributed by atoms with Gasteiger partial charge in [-0.05, 0) is 79.2 Å². The Bertz CT molecular complexity index is 421. The lowest BCUT2D eigenvalue weighted by atomic mass is 9.82. The first-order valence-corrected chi connectivity index (χ1v) is 7.57. The molecule has 3 heteroatoms. The van der Waals surface area contributed by atoms with Gasteiger partial charge in [0.2, 0.25) is 0 Å². The van der Waals surface area contributed by atoms with Gasteiger partial charge in [0.15, 0.2) is 0 Å². The number of hydrogen-bond donors (Lipinski definition) is 1. The highest BCUT2D eigenvalue weighted by Gasteiger charge is 2.20. The third-order valence-corrected chi connectivity index (χ3v) is 3.73. The standard InChI is InChI=1S/C16H25BrFN/c1-15(2,3)19-9-8-16(4,5)11-12-6-7-14(18)13(17)10-12/h6-7,10,19H,8-9,11H2,1-5H3. The number of hydrogen-bond acceptors (Lipinski definition) is 1. The average molecular weight is 330 g/mol. The lowest BCUT2D eigenvalue weighted by molar-refractivity contribution is 0.302. The van der Waals surface area contributed by atoms with E-state index in [0.717, 1.165) is 19.4 Å². The Morgan fingerprint density at radius 2 is 1.79 bits per heavy atom. The first-order chi connectivity index (χ1) is 8.59.